The number of aliphatic hydroxyl groups is 1. The van der Waals surface area contributed by atoms with Crippen LogP contribution in [0, 0.1) is 0 Å². The second kappa shape index (κ2) is 2.49. The van der Waals surface area contributed by atoms with Crippen molar-refractivity contribution in [1.82, 2.24) is 9.97 Å². The zero-order chi connectivity index (χ0) is 7.56. The zero-order valence-corrected chi connectivity index (χ0v) is 5.16. The maximum atomic E-state index is 10.6. The number of aromatic nitrogens is 2. The number of rotatable bonds is 1. The Balaban J connectivity index is 3.19. The molecule has 0 aliphatic heterocycles. The van der Waals surface area contributed by atoms with Crippen molar-refractivity contribution in [2.45, 2.75) is 6.61 Å². The van der Waals surface area contributed by atoms with Crippen molar-refractivity contribution in [3.05, 3.63) is 22.1 Å². The Morgan fingerprint density at radius 3 is 3.00 bits per heavy atom. The highest BCUT2D eigenvalue weighted by Crippen LogP contribution is 1.90. The van der Waals surface area contributed by atoms with Crippen molar-refractivity contribution in [3.8, 4) is 0 Å². The van der Waals surface area contributed by atoms with Crippen LogP contribution in [0.5, 0.6) is 0 Å². The van der Waals surface area contributed by atoms with Gasteiger partial charge in [-0.05, 0) is 0 Å². The van der Waals surface area contributed by atoms with Crippen molar-refractivity contribution in [2.75, 3.05) is 5.73 Å². The topological polar surface area (TPSA) is 92.0 Å². The van der Waals surface area contributed by atoms with Gasteiger partial charge in [-0.3, -0.25) is 9.78 Å². The molecule has 1 aromatic heterocycles. The third-order valence-electron chi connectivity index (χ3n) is 0.975. The second-order valence-electron chi connectivity index (χ2n) is 1.78. The third kappa shape index (κ3) is 1.32. The monoisotopic (exact) mass is 141 g/mol. The summed E-state index contributed by atoms with van der Waals surface area (Å²) in [5.74, 6) is 0.0246. The largest absolute Gasteiger partial charge is 0.390 e. The summed E-state index contributed by atoms with van der Waals surface area (Å²) in [4.78, 5) is 16.5. The van der Waals surface area contributed by atoms with Crippen LogP contribution < -0.4 is 11.3 Å². The van der Waals surface area contributed by atoms with Gasteiger partial charge in [0.15, 0.2) is 0 Å². The summed E-state index contributed by atoms with van der Waals surface area (Å²) in [6.07, 6.45) is 0. The first-order chi connectivity index (χ1) is 4.72. The van der Waals surface area contributed by atoms with Crippen molar-refractivity contribution in [2.24, 2.45) is 0 Å². The Labute approximate surface area is 56.5 Å². The van der Waals surface area contributed by atoms with E-state index in [0.29, 0.717) is 0 Å². The molecule has 0 saturated carbocycles. The summed E-state index contributed by atoms with van der Waals surface area (Å²) in [6.45, 7) is -0.270. The molecule has 0 aromatic carbocycles. The van der Waals surface area contributed by atoms with Gasteiger partial charge in [-0.1, -0.05) is 0 Å². The molecule has 54 valence electrons. The van der Waals surface area contributed by atoms with E-state index in [1.807, 2.05) is 0 Å². The van der Waals surface area contributed by atoms with Gasteiger partial charge in [0.2, 0.25) is 5.95 Å². The van der Waals surface area contributed by atoms with E-state index in [0.717, 1.165) is 0 Å². The Bertz CT molecular complexity index is 280. The molecule has 0 aliphatic carbocycles. The van der Waals surface area contributed by atoms with Crippen molar-refractivity contribution in [1.29, 1.82) is 0 Å². The van der Waals surface area contributed by atoms with Gasteiger partial charge in [0.1, 0.15) is 0 Å². The SMILES string of the molecule is Nc1nc(CO)cc(=O)[nH]1. The quantitative estimate of drug-likeness (QED) is 0.460. The molecule has 0 fully saturated rings. The molecule has 10 heavy (non-hydrogen) atoms. The molecule has 0 radical (unpaired) electrons. The highest BCUT2D eigenvalue weighted by molar-refractivity contribution is 5.16. The fraction of sp³-hybridized carbons (Fsp3) is 0.200. The highest BCUT2D eigenvalue weighted by atomic mass is 16.3. The molecule has 4 N–H and O–H groups in total. The number of aliphatic hydroxyl groups excluding tert-OH is 1. The fourth-order valence-electron chi connectivity index (χ4n) is 0.610. The second-order valence-corrected chi connectivity index (χ2v) is 1.78. The summed E-state index contributed by atoms with van der Waals surface area (Å²) < 4.78 is 0. The smallest absolute Gasteiger partial charge is 0.252 e. The zero-order valence-electron chi connectivity index (χ0n) is 5.16. The normalized spacial score (nSPS) is 9.70. The number of H-pyrrole nitrogens is 1. The average molecular weight is 141 g/mol. The molecule has 1 rings (SSSR count). The first kappa shape index (κ1) is 6.76. The van der Waals surface area contributed by atoms with Gasteiger partial charge in [-0.2, -0.15) is 0 Å². The predicted octanol–water partition coefficient (Wildman–Crippen LogP) is -1.16. The molecule has 0 aliphatic rings. The van der Waals surface area contributed by atoms with Crippen LogP contribution >= 0.6 is 0 Å². The van der Waals surface area contributed by atoms with Gasteiger partial charge in [0.05, 0.1) is 12.3 Å². The number of nitrogen functional groups attached to an aromatic ring is 1. The van der Waals surface area contributed by atoms with Gasteiger partial charge >= 0.3 is 0 Å². The molecule has 1 heterocycles. The minimum Gasteiger partial charge on any atom is -0.390 e. The van der Waals surface area contributed by atoms with Crippen LogP contribution in [0.4, 0.5) is 5.95 Å². The number of hydrogen-bond acceptors (Lipinski definition) is 4. The summed E-state index contributed by atoms with van der Waals surface area (Å²) in [5, 5.41) is 8.52. The van der Waals surface area contributed by atoms with Gasteiger partial charge in [-0.25, -0.2) is 4.98 Å². The number of nitrogens with one attached hydrogen (secondary N) is 1. The van der Waals surface area contributed by atoms with Crippen molar-refractivity contribution >= 4 is 5.95 Å². The van der Waals surface area contributed by atoms with E-state index in [9.17, 15) is 4.79 Å². The molecule has 0 atom stereocenters. The van der Waals surface area contributed by atoms with E-state index in [4.69, 9.17) is 10.8 Å². The van der Waals surface area contributed by atoms with Gasteiger partial charge in [-0.15, -0.1) is 0 Å². The molecular formula is C5H7N3O2. The van der Waals surface area contributed by atoms with E-state index in [1.54, 1.807) is 0 Å². The van der Waals surface area contributed by atoms with Gasteiger partial charge in [0.25, 0.3) is 5.56 Å². The van der Waals surface area contributed by atoms with Crippen LogP contribution in [0.3, 0.4) is 0 Å². The Morgan fingerprint density at radius 2 is 2.50 bits per heavy atom. The number of anilines is 1. The van der Waals surface area contributed by atoms with Crippen molar-refractivity contribution in [3.63, 3.8) is 0 Å². The minimum atomic E-state index is -0.350. The van der Waals surface area contributed by atoms with E-state index >= 15 is 0 Å². The van der Waals surface area contributed by atoms with Gasteiger partial charge < -0.3 is 10.8 Å². The number of hydrogen-bond donors (Lipinski definition) is 3. The van der Waals surface area contributed by atoms with E-state index in [-0.39, 0.29) is 23.8 Å². The lowest BCUT2D eigenvalue weighted by Crippen LogP contribution is -2.11. The molecular weight excluding hydrogens is 134 g/mol. The Hall–Kier alpha value is -1.36. The molecule has 0 amide bonds. The molecule has 0 spiro atoms. The summed E-state index contributed by atoms with van der Waals surface area (Å²) in [6, 6.07) is 1.19. The van der Waals surface area contributed by atoms with E-state index in [2.05, 4.69) is 9.97 Å². The lowest BCUT2D eigenvalue weighted by molar-refractivity contribution is 0.276. The number of nitrogens with two attached hydrogens (primary N) is 1. The van der Waals surface area contributed by atoms with Crippen LogP contribution in [-0.4, -0.2) is 15.1 Å². The molecule has 5 nitrogen and oxygen atoms in total. The van der Waals surface area contributed by atoms with Gasteiger partial charge in [0, 0.05) is 6.07 Å². The number of aromatic amines is 1. The molecule has 5 heteroatoms. The number of nitrogens with zero attached hydrogens (tertiary/aromatic N) is 1. The lowest BCUT2D eigenvalue weighted by atomic mass is 10.4. The third-order valence-corrected chi connectivity index (χ3v) is 0.975. The van der Waals surface area contributed by atoms with E-state index in [1.165, 1.54) is 6.07 Å². The fourth-order valence-corrected chi connectivity index (χ4v) is 0.610. The molecule has 1 aromatic rings. The molecule has 0 saturated heterocycles. The molecule has 0 bridgehead atoms. The van der Waals surface area contributed by atoms with Crippen LogP contribution in [-0.2, 0) is 6.61 Å². The van der Waals surface area contributed by atoms with Crippen LogP contribution in [0.1, 0.15) is 5.69 Å². The summed E-state index contributed by atoms with van der Waals surface area (Å²) in [7, 11) is 0. The summed E-state index contributed by atoms with van der Waals surface area (Å²) in [5.41, 5.74) is 5.09. The van der Waals surface area contributed by atoms with Crippen molar-refractivity contribution < 1.29 is 5.11 Å². The van der Waals surface area contributed by atoms with E-state index < -0.39 is 0 Å². The molecule has 0 unspecified atom stereocenters. The van der Waals surface area contributed by atoms with Crippen LogP contribution in [0.2, 0.25) is 0 Å². The lowest BCUT2D eigenvalue weighted by Gasteiger charge is -1.94. The first-order valence-corrected chi connectivity index (χ1v) is 2.69. The maximum Gasteiger partial charge on any atom is 0.252 e. The van der Waals surface area contributed by atoms with Crippen LogP contribution in [0.15, 0.2) is 10.9 Å². The predicted molar refractivity (Wildman–Crippen MR) is 35.2 cm³/mol. The Morgan fingerprint density at radius 1 is 1.80 bits per heavy atom. The minimum absolute atomic E-state index is 0.0246. The Kier molecular flexibility index (Phi) is 1.68. The first-order valence-electron chi connectivity index (χ1n) is 2.69. The average Bonchev–Trinajstić information content (AvgIpc) is 1.85. The van der Waals surface area contributed by atoms with Crippen LogP contribution in [0.25, 0.3) is 0 Å². The maximum absolute atomic E-state index is 10.6. The standard InChI is InChI=1S/C5H7N3O2/c6-5-7-3(2-9)1-4(10)8-5/h1,9H,2H2,(H3,6,7,8,10). The highest BCUT2D eigenvalue weighted by Gasteiger charge is 1.94. The summed E-state index contributed by atoms with van der Waals surface area (Å²) >= 11 is 0.